The lowest BCUT2D eigenvalue weighted by Gasteiger charge is -2.34. The van der Waals surface area contributed by atoms with Gasteiger partial charge in [0.2, 0.25) is 11.8 Å². The molecule has 0 bridgehead atoms. The molecule has 4 N–H and O–H groups in total. The molecule has 14 nitrogen and oxygen atoms in total. The molecule has 0 unspecified atom stereocenters. The number of methoxy groups -OCH3 is 2. The van der Waals surface area contributed by atoms with E-state index in [1.165, 1.54) is 14.2 Å². The van der Waals surface area contributed by atoms with Crippen LogP contribution in [0.2, 0.25) is 0 Å². The van der Waals surface area contributed by atoms with Crippen LogP contribution in [0.25, 0.3) is 44.3 Å². The molecule has 4 heterocycles. The number of amides is 4. The van der Waals surface area contributed by atoms with E-state index in [9.17, 15) is 19.2 Å². The van der Waals surface area contributed by atoms with Crippen LogP contribution in [0.5, 0.6) is 0 Å². The smallest absolute Gasteiger partial charge is 0.407 e. The number of hydrogen-bond acceptors (Lipinski definition) is 8. The molecule has 2 aliphatic rings. The summed E-state index contributed by atoms with van der Waals surface area (Å²) in [4.78, 5) is 72.4. The van der Waals surface area contributed by atoms with Gasteiger partial charge in [-0.3, -0.25) is 9.59 Å². The Morgan fingerprint density at radius 2 is 0.983 bits per heavy atom. The molecule has 5 aromatic rings. The van der Waals surface area contributed by atoms with Gasteiger partial charge in [-0.25, -0.2) is 19.6 Å². The number of imidazole rings is 2. The summed E-state index contributed by atoms with van der Waals surface area (Å²) in [5.74, 6) is 1.16. The van der Waals surface area contributed by atoms with E-state index in [-0.39, 0.29) is 23.9 Å². The number of hydrogen-bond donors (Lipinski definition) is 4. The number of aromatic amines is 2. The van der Waals surface area contributed by atoms with Crippen molar-refractivity contribution < 1.29 is 28.7 Å². The van der Waals surface area contributed by atoms with E-state index in [1.54, 1.807) is 0 Å². The van der Waals surface area contributed by atoms with Crippen LogP contribution in [0.4, 0.5) is 9.59 Å². The molecular weight excluding hydrogens is 737 g/mol. The first-order chi connectivity index (χ1) is 27.5. The summed E-state index contributed by atoms with van der Waals surface area (Å²) < 4.78 is 9.63. The topological polar surface area (TPSA) is 175 Å². The molecule has 4 amide bonds. The van der Waals surface area contributed by atoms with Gasteiger partial charge in [-0.1, -0.05) is 77.9 Å². The first-order valence-corrected chi connectivity index (χ1v) is 20.0. The van der Waals surface area contributed by atoms with Crippen LogP contribution in [0, 0.1) is 10.8 Å². The van der Waals surface area contributed by atoms with Gasteiger partial charge in [0.05, 0.1) is 48.4 Å². The summed E-state index contributed by atoms with van der Waals surface area (Å²) in [5.41, 5.74) is 6.53. The zero-order valence-corrected chi connectivity index (χ0v) is 34.6. The van der Waals surface area contributed by atoms with E-state index < -0.39 is 35.1 Å². The number of aromatic nitrogens is 4. The number of rotatable bonds is 8. The molecule has 58 heavy (non-hydrogen) atoms. The number of alkyl carbamates (subject to hydrolysis) is 2. The average Bonchev–Trinajstić information content (AvgIpc) is 4.02. The van der Waals surface area contributed by atoms with E-state index in [0.717, 1.165) is 81.7 Å². The van der Waals surface area contributed by atoms with Gasteiger partial charge >= 0.3 is 12.2 Å². The van der Waals surface area contributed by atoms with Crippen molar-refractivity contribution in [3.8, 4) is 22.3 Å². The predicted molar refractivity (Wildman–Crippen MR) is 222 cm³/mol. The second-order valence-corrected chi connectivity index (χ2v) is 17.5. The highest BCUT2D eigenvalue weighted by molar-refractivity contribution is 5.89. The molecule has 0 spiro atoms. The minimum Gasteiger partial charge on any atom is -0.453 e. The van der Waals surface area contributed by atoms with E-state index in [2.05, 4.69) is 69.1 Å². The van der Waals surface area contributed by atoms with Gasteiger partial charge in [-0.05, 0) is 83.0 Å². The van der Waals surface area contributed by atoms with E-state index >= 15 is 0 Å². The second-order valence-electron chi connectivity index (χ2n) is 17.5. The maximum Gasteiger partial charge on any atom is 0.407 e. The van der Waals surface area contributed by atoms with Crippen LogP contribution in [0.15, 0.2) is 60.7 Å². The fraction of sp³-hybridized carbons (Fsp3) is 0.455. The monoisotopic (exact) mass is 790 g/mol. The summed E-state index contributed by atoms with van der Waals surface area (Å²) in [6.45, 7) is 12.7. The van der Waals surface area contributed by atoms with Crippen molar-refractivity contribution in [2.24, 2.45) is 10.8 Å². The maximum absolute atomic E-state index is 13.8. The number of likely N-dealkylation sites (tertiary alicyclic amines) is 2. The van der Waals surface area contributed by atoms with Crippen molar-refractivity contribution in [2.45, 2.75) is 91.4 Å². The number of nitrogens with one attached hydrogen (secondary N) is 4. The largest absolute Gasteiger partial charge is 0.453 e. The summed E-state index contributed by atoms with van der Waals surface area (Å²) in [6, 6.07) is 18.7. The zero-order chi connectivity index (χ0) is 41.5. The van der Waals surface area contributed by atoms with E-state index in [4.69, 9.17) is 19.4 Å². The lowest BCUT2D eigenvalue weighted by molar-refractivity contribution is -0.137. The van der Waals surface area contributed by atoms with Crippen LogP contribution < -0.4 is 10.6 Å². The normalized spacial score (nSPS) is 18.3. The molecule has 4 atom stereocenters. The van der Waals surface area contributed by atoms with Gasteiger partial charge < -0.3 is 39.9 Å². The zero-order valence-electron chi connectivity index (χ0n) is 34.6. The van der Waals surface area contributed by atoms with Gasteiger partial charge in [0, 0.05) is 13.1 Å². The SMILES string of the molecule is COC(=O)N[C@H](C(=O)N1CCC[C@H]1c1nc2ccc(-c3ccc(-c4ccc5nc([C@@H]6CCCN6C(=O)[C@@H](NC(=O)OC)C(C)(C)C)[nH]c5c4)cc3)cc2[nH]1)C(C)(C)C. The highest BCUT2D eigenvalue weighted by atomic mass is 16.5. The Kier molecular flexibility index (Phi) is 11.0. The Morgan fingerprint density at radius 1 is 0.621 bits per heavy atom. The third-order valence-corrected chi connectivity index (χ3v) is 11.4. The highest BCUT2D eigenvalue weighted by Crippen LogP contribution is 2.37. The first-order valence-electron chi connectivity index (χ1n) is 20.0. The Hall–Kier alpha value is -5.92. The third-order valence-electron chi connectivity index (χ3n) is 11.4. The first kappa shape index (κ1) is 40.3. The Balaban J connectivity index is 1.07. The van der Waals surface area contributed by atoms with E-state index in [1.807, 2.05) is 63.5 Å². The Morgan fingerprint density at radius 3 is 1.33 bits per heavy atom. The van der Waals surface area contributed by atoms with Gasteiger partial charge in [0.25, 0.3) is 0 Å². The second kappa shape index (κ2) is 15.8. The quantitative estimate of drug-likeness (QED) is 0.124. The van der Waals surface area contributed by atoms with Crippen LogP contribution in [0.1, 0.15) is 91.0 Å². The summed E-state index contributed by atoms with van der Waals surface area (Å²) in [7, 11) is 2.59. The fourth-order valence-corrected chi connectivity index (χ4v) is 8.20. The Bertz CT molecular complexity index is 2170. The van der Waals surface area contributed by atoms with Crippen molar-refractivity contribution in [3.63, 3.8) is 0 Å². The predicted octanol–water partition coefficient (Wildman–Crippen LogP) is 7.64. The van der Waals surface area contributed by atoms with Gasteiger partial charge in [-0.2, -0.15) is 0 Å². The number of ether oxygens (including phenoxy) is 2. The molecule has 0 radical (unpaired) electrons. The van der Waals surface area contributed by atoms with Crippen molar-refractivity contribution in [1.82, 2.24) is 40.4 Å². The number of carbonyl (C=O) groups is 4. The molecule has 2 aromatic heterocycles. The number of fused-ring (bicyclic) bond motifs is 2. The molecule has 0 aliphatic carbocycles. The maximum atomic E-state index is 13.8. The summed E-state index contributed by atoms with van der Waals surface area (Å²) in [6.07, 6.45) is 1.95. The van der Waals surface area contributed by atoms with E-state index in [0.29, 0.717) is 13.1 Å². The molecule has 2 fully saturated rings. The molecule has 3 aromatic carbocycles. The minimum absolute atomic E-state index is 0.151. The van der Waals surface area contributed by atoms with Gasteiger partial charge in [-0.15, -0.1) is 0 Å². The molecule has 306 valence electrons. The molecule has 2 aliphatic heterocycles. The minimum atomic E-state index is -0.746. The van der Waals surface area contributed by atoms with Crippen LogP contribution in [-0.4, -0.2) is 93.1 Å². The third kappa shape index (κ3) is 8.09. The molecular formula is C44H54N8O6. The van der Waals surface area contributed by atoms with Gasteiger partial charge in [0.15, 0.2) is 0 Å². The van der Waals surface area contributed by atoms with Crippen LogP contribution in [-0.2, 0) is 19.1 Å². The number of benzene rings is 3. The van der Waals surface area contributed by atoms with Crippen molar-refractivity contribution in [2.75, 3.05) is 27.3 Å². The number of H-pyrrole nitrogens is 2. The highest BCUT2D eigenvalue weighted by Gasteiger charge is 2.42. The van der Waals surface area contributed by atoms with Crippen molar-refractivity contribution in [3.05, 3.63) is 72.3 Å². The molecule has 2 saturated heterocycles. The van der Waals surface area contributed by atoms with Crippen molar-refractivity contribution in [1.29, 1.82) is 0 Å². The number of nitrogens with zero attached hydrogens (tertiary/aromatic N) is 4. The molecule has 0 saturated carbocycles. The summed E-state index contributed by atoms with van der Waals surface area (Å²) >= 11 is 0. The fourth-order valence-electron chi connectivity index (χ4n) is 8.20. The summed E-state index contributed by atoms with van der Waals surface area (Å²) in [5, 5.41) is 5.49. The lowest BCUT2D eigenvalue weighted by Crippen LogP contribution is -2.54. The Labute approximate surface area is 338 Å². The molecule has 14 heteroatoms. The molecule has 7 rings (SSSR count). The standard InChI is InChI=1S/C44H54N8O6/c1-43(2,3)35(49-41(55)57-7)39(53)51-21-9-11-33(51)37-45-29-19-17-27(23-31(29)47-37)25-13-15-26(16-14-25)28-18-20-30-32(24-28)48-38(46-30)34-12-10-22-52(34)40(54)36(44(4,5)6)50-42(56)58-8/h13-20,23-24,33-36H,9-12,21-22H2,1-8H3,(H,45,47)(H,46,48)(H,49,55)(H,50,56)/t33-,34-,35+,36+/m0/s1. The van der Waals surface area contributed by atoms with Gasteiger partial charge in [0.1, 0.15) is 23.7 Å². The number of carbonyl (C=O) groups excluding carboxylic acids is 4. The van der Waals surface area contributed by atoms with Crippen LogP contribution >= 0.6 is 0 Å². The van der Waals surface area contributed by atoms with Crippen LogP contribution in [0.3, 0.4) is 0 Å². The lowest BCUT2D eigenvalue weighted by atomic mass is 9.85. The average molecular weight is 791 g/mol. The van der Waals surface area contributed by atoms with Crippen molar-refractivity contribution >= 4 is 46.1 Å².